The Labute approximate surface area is 166 Å². The Morgan fingerprint density at radius 1 is 1.11 bits per heavy atom. The molecule has 0 radical (unpaired) electrons. The van der Waals surface area contributed by atoms with Crippen LogP contribution in [0.4, 0.5) is 11.4 Å². The van der Waals surface area contributed by atoms with Crippen molar-refractivity contribution in [2.75, 3.05) is 43.4 Å². The normalized spacial score (nSPS) is 15.0. The summed E-state index contributed by atoms with van der Waals surface area (Å²) in [5.74, 6) is -0.398. The van der Waals surface area contributed by atoms with Gasteiger partial charge in [-0.15, -0.1) is 0 Å². The largest absolute Gasteiger partial charge is 0.367 e. The number of benzene rings is 2. The van der Waals surface area contributed by atoms with Crippen LogP contribution < -0.4 is 15.8 Å². The molecule has 2 aromatic carbocycles. The topological polar surface area (TPSA) is 81.3 Å². The average molecular weight is 398 g/mol. The lowest BCUT2D eigenvalue weighted by Crippen LogP contribution is -2.44. The number of carbonyl (C=O) groups excluding carboxylic acids is 1. The van der Waals surface area contributed by atoms with E-state index in [1.807, 2.05) is 12.1 Å². The molecule has 2 heterocycles. The number of fused-ring (bicyclic) bond motifs is 1. The molecular formula is C20H20ClN5O2. The predicted molar refractivity (Wildman–Crippen MR) is 111 cm³/mol. The van der Waals surface area contributed by atoms with Gasteiger partial charge in [-0.2, -0.15) is 5.10 Å². The lowest BCUT2D eigenvalue weighted by Gasteiger charge is -2.35. The third-order valence-electron chi connectivity index (χ3n) is 4.96. The maximum absolute atomic E-state index is 13.0. The molecule has 3 aromatic rings. The van der Waals surface area contributed by atoms with Gasteiger partial charge in [0.1, 0.15) is 0 Å². The smallest absolute Gasteiger partial charge is 0.276 e. The van der Waals surface area contributed by atoms with Crippen molar-refractivity contribution in [3.05, 3.63) is 63.5 Å². The second-order valence-corrected chi connectivity index (χ2v) is 7.29. The Morgan fingerprint density at radius 3 is 2.57 bits per heavy atom. The van der Waals surface area contributed by atoms with Crippen LogP contribution in [0, 0.1) is 0 Å². The van der Waals surface area contributed by atoms with Crippen molar-refractivity contribution >= 4 is 39.7 Å². The number of halogens is 1. The summed E-state index contributed by atoms with van der Waals surface area (Å²) in [5, 5.41) is 10.8. The van der Waals surface area contributed by atoms with E-state index in [1.54, 1.807) is 30.3 Å². The lowest BCUT2D eigenvalue weighted by molar-refractivity contribution is 0.102. The number of aromatic nitrogens is 2. The Morgan fingerprint density at radius 2 is 1.82 bits per heavy atom. The molecule has 7 nitrogen and oxygen atoms in total. The van der Waals surface area contributed by atoms with E-state index in [0.717, 1.165) is 31.9 Å². The molecule has 4 rings (SSSR count). The zero-order valence-corrected chi connectivity index (χ0v) is 16.2. The molecule has 0 aliphatic carbocycles. The zero-order chi connectivity index (χ0) is 19.7. The molecule has 0 unspecified atom stereocenters. The number of nitrogens with zero attached hydrogens (tertiary/aromatic N) is 3. The molecule has 1 amide bonds. The molecule has 0 saturated carbocycles. The Bertz CT molecular complexity index is 1090. The van der Waals surface area contributed by atoms with E-state index >= 15 is 0 Å². The van der Waals surface area contributed by atoms with Crippen molar-refractivity contribution in [1.82, 2.24) is 15.1 Å². The summed E-state index contributed by atoms with van der Waals surface area (Å²) in [6.07, 6.45) is 0. The number of likely N-dealkylation sites (N-methyl/N-ethyl adjacent to an activating group) is 1. The summed E-state index contributed by atoms with van der Waals surface area (Å²) in [6.45, 7) is 3.62. The molecule has 1 aliphatic rings. The number of nitrogens with one attached hydrogen (secondary N) is 2. The van der Waals surface area contributed by atoms with E-state index in [4.69, 9.17) is 11.6 Å². The van der Waals surface area contributed by atoms with Gasteiger partial charge in [0.25, 0.3) is 11.5 Å². The van der Waals surface area contributed by atoms with E-state index in [2.05, 4.69) is 32.4 Å². The summed E-state index contributed by atoms with van der Waals surface area (Å²) in [4.78, 5) is 29.4. The first-order chi connectivity index (χ1) is 13.5. The minimum atomic E-state index is -0.398. The van der Waals surface area contributed by atoms with Gasteiger partial charge in [0.05, 0.1) is 16.8 Å². The standard InChI is InChI=1S/C20H20ClN5O2/c1-25-8-10-26(11-9-25)17-7-6-13(21)12-16(17)22-20(28)18-14-4-2-3-5-15(14)19(27)24-23-18/h2-7,12H,8-11H2,1H3,(H,22,28)(H,24,27). The second kappa shape index (κ2) is 7.61. The van der Waals surface area contributed by atoms with Crippen LogP contribution in [-0.2, 0) is 0 Å². The van der Waals surface area contributed by atoms with Crippen LogP contribution in [0.25, 0.3) is 10.8 Å². The van der Waals surface area contributed by atoms with E-state index in [-0.39, 0.29) is 11.3 Å². The zero-order valence-electron chi connectivity index (χ0n) is 15.4. The highest BCUT2D eigenvalue weighted by Crippen LogP contribution is 2.30. The van der Waals surface area contributed by atoms with Crippen LogP contribution >= 0.6 is 11.6 Å². The fourth-order valence-electron chi connectivity index (χ4n) is 3.40. The molecule has 0 spiro atoms. The van der Waals surface area contributed by atoms with E-state index in [0.29, 0.717) is 21.5 Å². The van der Waals surface area contributed by atoms with E-state index in [1.165, 1.54) is 0 Å². The number of hydrogen-bond donors (Lipinski definition) is 2. The third-order valence-corrected chi connectivity index (χ3v) is 5.20. The molecule has 1 aromatic heterocycles. The van der Waals surface area contributed by atoms with Crippen LogP contribution in [0.3, 0.4) is 0 Å². The number of aromatic amines is 1. The second-order valence-electron chi connectivity index (χ2n) is 6.85. The van der Waals surface area contributed by atoms with Crippen LogP contribution in [-0.4, -0.2) is 54.2 Å². The van der Waals surface area contributed by atoms with Gasteiger partial charge in [0, 0.05) is 36.6 Å². The maximum Gasteiger partial charge on any atom is 0.276 e. The van der Waals surface area contributed by atoms with Crippen molar-refractivity contribution in [2.24, 2.45) is 0 Å². The lowest BCUT2D eigenvalue weighted by atomic mass is 10.1. The van der Waals surface area contributed by atoms with Crippen molar-refractivity contribution in [3.63, 3.8) is 0 Å². The van der Waals surface area contributed by atoms with E-state index in [9.17, 15) is 9.59 Å². The molecule has 1 saturated heterocycles. The highest BCUT2D eigenvalue weighted by atomic mass is 35.5. The van der Waals surface area contributed by atoms with Gasteiger partial charge < -0.3 is 15.1 Å². The summed E-state index contributed by atoms with van der Waals surface area (Å²) in [7, 11) is 2.09. The summed E-state index contributed by atoms with van der Waals surface area (Å²) in [5.41, 5.74) is 1.38. The van der Waals surface area contributed by atoms with Crippen molar-refractivity contribution in [2.45, 2.75) is 0 Å². The van der Waals surface area contributed by atoms with Crippen LogP contribution in [0.1, 0.15) is 10.5 Å². The number of piperazine rings is 1. The van der Waals surface area contributed by atoms with Gasteiger partial charge in [-0.1, -0.05) is 29.8 Å². The molecule has 2 N–H and O–H groups in total. The molecule has 28 heavy (non-hydrogen) atoms. The first-order valence-corrected chi connectivity index (χ1v) is 9.42. The molecule has 144 valence electrons. The SMILES string of the molecule is CN1CCN(c2ccc(Cl)cc2NC(=O)c2n[nH]c(=O)c3ccccc23)CC1. The van der Waals surface area contributed by atoms with Crippen molar-refractivity contribution in [3.8, 4) is 0 Å². The summed E-state index contributed by atoms with van der Waals surface area (Å²) < 4.78 is 0. The van der Waals surface area contributed by atoms with Gasteiger partial charge in [-0.05, 0) is 31.3 Å². The Kier molecular flexibility index (Phi) is 5.02. The van der Waals surface area contributed by atoms with Gasteiger partial charge >= 0.3 is 0 Å². The third kappa shape index (κ3) is 3.58. The van der Waals surface area contributed by atoms with Crippen molar-refractivity contribution in [1.29, 1.82) is 0 Å². The number of hydrogen-bond acceptors (Lipinski definition) is 5. The van der Waals surface area contributed by atoms with Crippen molar-refractivity contribution < 1.29 is 4.79 Å². The number of H-pyrrole nitrogens is 1. The summed E-state index contributed by atoms with van der Waals surface area (Å²) in [6, 6.07) is 12.4. The fraction of sp³-hybridized carbons (Fsp3) is 0.250. The average Bonchev–Trinajstić information content (AvgIpc) is 2.69. The van der Waals surface area contributed by atoms with Crippen LogP contribution in [0.5, 0.6) is 0 Å². The minimum Gasteiger partial charge on any atom is -0.367 e. The first kappa shape index (κ1) is 18.5. The van der Waals surface area contributed by atoms with Crippen LogP contribution in [0.15, 0.2) is 47.3 Å². The highest BCUT2D eigenvalue weighted by molar-refractivity contribution is 6.31. The fourth-order valence-corrected chi connectivity index (χ4v) is 3.57. The summed E-state index contributed by atoms with van der Waals surface area (Å²) >= 11 is 6.18. The molecule has 0 atom stereocenters. The Balaban J connectivity index is 1.68. The molecule has 1 fully saturated rings. The van der Waals surface area contributed by atoms with Gasteiger partial charge in [0.2, 0.25) is 0 Å². The van der Waals surface area contributed by atoms with Gasteiger partial charge in [-0.3, -0.25) is 9.59 Å². The maximum atomic E-state index is 13.0. The molecule has 8 heteroatoms. The molecular weight excluding hydrogens is 378 g/mol. The van der Waals surface area contributed by atoms with Gasteiger partial charge in [0.15, 0.2) is 5.69 Å². The molecule has 0 bridgehead atoms. The number of rotatable bonds is 3. The van der Waals surface area contributed by atoms with Gasteiger partial charge in [-0.25, -0.2) is 5.10 Å². The number of carbonyl (C=O) groups is 1. The minimum absolute atomic E-state index is 0.166. The van der Waals surface area contributed by atoms with Crippen LogP contribution in [0.2, 0.25) is 5.02 Å². The molecule has 1 aliphatic heterocycles. The number of anilines is 2. The monoisotopic (exact) mass is 397 g/mol. The van der Waals surface area contributed by atoms with E-state index < -0.39 is 5.91 Å². The Hall–Kier alpha value is -2.90. The predicted octanol–water partition coefficient (Wildman–Crippen LogP) is 2.58. The quantitative estimate of drug-likeness (QED) is 0.710. The highest BCUT2D eigenvalue weighted by Gasteiger charge is 2.20. The number of amides is 1. The first-order valence-electron chi connectivity index (χ1n) is 9.05.